The van der Waals surface area contributed by atoms with Crippen molar-refractivity contribution in [2.45, 2.75) is 50.6 Å². The molecule has 2 N–H and O–H groups in total. The highest BCUT2D eigenvalue weighted by Gasteiger charge is 2.37. The molecule has 1 aliphatic carbocycles. The highest BCUT2D eigenvalue weighted by atomic mass is 79.9. The van der Waals surface area contributed by atoms with Gasteiger partial charge in [0.15, 0.2) is 0 Å². The van der Waals surface area contributed by atoms with Crippen LogP contribution in [0.25, 0.3) is 0 Å². The third-order valence-electron chi connectivity index (χ3n) is 5.23. The second-order valence-corrected chi connectivity index (χ2v) is 7.70. The van der Waals surface area contributed by atoms with Gasteiger partial charge in [-0.2, -0.15) is 0 Å². The molecule has 0 bridgehead atoms. The molecule has 1 aliphatic heterocycles. The molecule has 2 fully saturated rings. The van der Waals surface area contributed by atoms with E-state index in [1.54, 1.807) is 0 Å². The van der Waals surface area contributed by atoms with Gasteiger partial charge in [-0.25, -0.2) is 0 Å². The first-order chi connectivity index (χ1) is 10.2. The molecule has 1 saturated carbocycles. The quantitative estimate of drug-likeness (QED) is 0.827. The fourth-order valence-electron chi connectivity index (χ4n) is 4.26. The zero-order chi connectivity index (χ0) is 14.8. The molecule has 0 radical (unpaired) electrons. The molecule has 2 unspecified atom stereocenters. The first kappa shape index (κ1) is 15.8. The summed E-state index contributed by atoms with van der Waals surface area (Å²) in [5.74, 6) is 0.882. The Balaban J connectivity index is 1.84. The minimum atomic E-state index is 0.310. The summed E-state index contributed by atoms with van der Waals surface area (Å²) in [6, 6.07) is 7.13. The van der Waals surface area contributed by atoms with Crippen molar-refractivity contribution < 1.29 is 0 Å². The Labute approximate surface area is 141 Å². The van der Waals surface area contributed by atoms with Crippen molar-refractivity contribution in [3.8, 4) is 0 Å². The molecular weight excluding hydrogens is 348 g/mol. The van der Waals surface area contributed by atoms with Crippen LogP contribution in [0.2, 0.25) is 5.02 Å². The highest BCUT2D eigenvalue weighted by molar-refractivity contribution is 9.10. The Hall–Kier alpha value is -0.0900. The minimum Gasteiger partial charge on any atom is -0.329 e. The molecule has 1 aromatic rings. The summed E-state index contributed by atoms with van der Waals surface area (Å²) >= 11 is 9.75. The van der Waals surface area contributed by atoms with Crippen LogP contribution in [0.1, 0.15) is 50.1 Å². The maximum absolute atomic E-state index is 6.16. The first-order valence-corrected chi connectivity index (χ1v) is 9.28. The molecule has 4 heteroatoms. The lowest BCUT2D eigenvalue weighted by Crippen LogP contribution is -2.40. The zero-order valence-corrected chi connectivity index (χ0v) is 14.7. The van der Waals surface area contributed by atoms with Crippen LogP contribution in [0, 0.1) is 5.92 Å². The van der Waals surface area contributed by atoms with Gasteiger partial charge in [-0.1, -0.05) is 46.4 Å². The van der Waals surface area contributed by atoms with Gasteiger partial charge in [0.2, 0.25) is 0 Å². The van der Waals surface area contributed by atoms with E-state index in [2.05, 4.69) is 26.9 Å². The van der Waals surface area contributed by atoms with Gasteiger partial charge in [-0.05, 0) is 55.8 Å². The smallest absolute Gasteiger partial charge is 0.0484 e. The zero-order valence-electron chi connectivity index (χ0n) is 12.4. The molecule has 2 aliphatic rings. The second-order valence-electron chi connectivity index (χ2n) is 6.41. The van der Waals surface area contributed by atoms with E-state index >= 15 is 0 Å². The van der Waals surface area contributed by atoms with Crippen molar-refractivity contribution in [3.63, 3.8) is 0 Å². The van der Waals surface area contributed by atoms with E-state index in [-0.39, 0.29) is 0 Å². The van der Waals surface area contributed by atoms with Crippen LogP contribution in [0.4, 0.5) is 0 Å². The molecule has 116 valence electrons. The van der Waals surface area contributed by atoms with E-state index in [1.807, 2.05) is 12.1 Å². The molecule has 0 aromatic heterocycles. The van der Waals surface area contributed by atoms with Crippen LogP contribution >= 0.6 is 27.5 Å². The van der Waals surface area contributed by atoms with Crippen molar-refractivity contribution in [2.75, 3.05) is 13.1 Å². The highest BCUT2D eigenvalue weighted by Crippen LogP contribution is 2.40. The van der Waals surface area contributed by atoms with E-state index in [0.29, 0.717) is 12.6 Å². The summed E-state index contributed by atoms with van der Waals surface area (Å²) in [5, 5.41) is 0.773. The largest absolute Gasteiger partial charge is 0.329 e. The maximum atomic E-state index is 6.16. The predicted octanol–water partition coefficient (Wildman–Crippen LogP) is 4.76. The molecule has 3 rings (SSSR count). The number of hydrogen-bond donors (Lipinski definition) is 1. The topological polar surface area (TPSA) is 29.3 Å². The SMILES string of the molecule is NCC(c1ccc(Cl)cc1Br)N1CCCC1C1CCCC1. The van der Waals surface area contributed by atoms with Gasteiger partial charge in [0.25, 0.3) is 0 Å². The summed E-state index contributed by atoms with van der Waals surface area (Å²) < 4.78 is 1.09. The number of likely N-dealkylation sites (tertiary alicyclic amines) is 1. The van der Waals surface area contributed by atoms with E-state index in [9.17, 15) is 0 Å². The summed E-state index contributed by atoms with van der Waals surface area (Å²) in [6.07, 6.45) is 8.27. The van der Waals surface area contributed by atoms with Gasteiger partial charge in [-0.3, -0.25) is 4.90 Å². The fourth-order valence-corrected chi connectivity index (χ4v) is 5.21. The lowest BCUT2D eigenvalue weighted by molar-refractivity contribution is 0.137. The average Bonchev–Trinajstić information content (AvgIpc) is 3.12. The number of halogens is 2. The van der Waals surface area contributed by atoms with Crippen molar-refractivity contribution in [3.05, 3.63) is 33.3 Å². The average molecular weight is 372 g/mol. The van der Waals surface area contributed by atoms with Crippen molar-refractivity contribution in [1.82, 2.24) is 4.90 Å². The number of rotatable bonds is 4. The third kappa shape index (κ3) is 3.31. The molecule has 0 amide bonds. The van der Waals surface area contributed by atoms with Gasteiger partial charge in [0, 0.05) is 28.1 Å². The molecule has 1 aromatic carbocycles. The molecule has 2 atom stereocenters. The third-order valence-corrected chi connectivity index (χ3v) is 6.15. The van der Waals surface area contributed by atoms with Gasteiger partial charge < -0.3 is 5.73 Å². The number of hydrogen-bond acceptors (Lipinski definition) is 2. The Morgan fingerprint density at radius 1 is 1.24 bits per heavy atom. The van der Waals surface area contributed by atoms with Crippen LogP contribution in [0.15, 0.2) is 22.7 Å². The van der Waals surface area contributed by atoms with Crippen LogP contribution in [0.5, 0.6) is 0 Å². The summed E-state index contributed by atoms with van der Waals surface area (Å²) in [4.78, 5) is 2.67. The minimum absolute atomic E-state index is 0.310. The number of benzene rings is 1. The van der Waals surface area contributed by atoms with Crippen molar-refractivity contribution in [1.29, 1.82) is 0 Å². The Kier molecular flexibility index (Phi) is 5.26. The van der Waals surface area contributed by atoms with Crippen LogP contribution in [-0.4, -0.2) is 24.0 Å². The lowest BCUT2D eigenvalue weighted by atomic mass is 9.94. The summed E-state index contributed by atoms with van der Waals surface area (Å²) in [7, 11) is 0. The molecule has 1 saturated heterocycles. The molecule has 21 heavy (non-hydrogen) atoms. The Morgan fingerprint density at radius 3 is 2.67 bits per heavy atom. The molecule has 0 spiro atoms. The van der Waals surface area contributed by atoms with Crippen molar-refractivity contribution in [2.24, 2.45) is 11.7 Å². The number of nitrogens with two attached hydrogens (primary N) is 1. The summed E-state index contributed by atoms with van der Waals surface area (Å²) in [6.45, 7) is 1.85. The van der Waals surface area contributed by atoms with Crippen LogP contribution in [-0.2, 0) is 0 Å². The monoisotopic (exact) mass is 370 g/mol. The van der Waals surface area contributed by atoms with Crippen LogP contribution in [0.3, 0.4) is 0 Å². The van der Waals surface area contributed by atoms with E-state index in [4.69, 9.17) is 17.3 Å². The van der Waals surface area contributed by atoms with Gasteiger partial charge in [0.1, 0.15) is 0 Å². The number of nitrogens with zero attached hydrogens (tertiary/aromatic N) is 1. The predicted molar refractivity (Wildman–Crippen MR) is 92.6 cm³/mol. The maximum Gasteiger partial charge on any atom is 0.0484 e. The van der Waals surface area contributed by atoms with E-state index in [0.717, 1.165) is 21.5 Å². The molecule has 2 nitrogen and oxygen atoms in total. The first-order valence-electron chi connectivity index (χ1n) is 8.11. The second kappa shape index (κ2) is 6.99. The fraction of sp³-hybridized carbons (Fsp3) is 0.647. The van der Waals surface area contributed by atoms with E-state index < -0.39 is 0 Å². The van der Waals surface area contributed by atoms with Gasteiger partial charge >= 0.3 is 0 Å². The molecular formula is C17H24BrClN2. The van der Waals surface area contributed by atoms with Gasteiger partial charge in [0.05, 0.1) is 0 Å². The summed E-state index contributed by atoms with van der Waals surface area (Å²) in [5.41, 5.74) is 7.44. The standard InChI is InChI=1S/C17H24BrClN2/c18-15-10-13(19)7-8-14(15)17(11-20)21-9-3-6-16(21)12-4-1-2-5-12/h7-8,10,12,16-17H,1-6,9,11,20H2. The normalized spacial score (nSPS) is 25.6. The van der Waals surface area contributed by atoms with E-state index in [1.165, 1.54) is 50.6 Å². The lowest BCUT2D eigenvalue weighted by Gasteiger charge is -2.36. The molecule has 1 heterocycles. The van der Waals surface area contributed by atoms with Crippen LogP contribution < -0.4 is 5.73 Å². The Morgan fingerprint density at radius 2 is 2.00 bits per heavy atom. The Bertz CT molecular complexity index is 488. The van der Waals surface area contributed by atoms with Gasteiger partial charge in [-0.15, -0.1) is 0 Å². The van der Waals surface area contributed by atoms with Crippen molar-refractivity contribution >= 4 is 27.5 Å².